The van der Waals surface area contributed by atoms with E-state index in [1.54, 1.807) is 0 Å². The van der Waals surface area contributed by atoms with Gasteiger partial charge in [0.1, 0.15) is 0 Å². The highest BCUT2D eigenvalue weighted by Crippen LogP contribution is 2.15. The van der Waals surface area contributed by atoms with Crippen molar-refractivity contribution < 1.29 is 0 Å². The van der Waals surface area contributed by atoms with E-state index in [0.29, 0.717) is 0 Å². The summed E-state index contributed by atoms with van der Waals surface area (Å²) in [6.45, 7) is 18.0. The maximum atomic E-state index is 3.91. The average molecular weight is 404 g/mol. The van der Waals surface area contributed by atoms with Gasteiger partial charge in [-0.1, -0.05) is 132 Å². The summed E-state index contributed by atoms with van der Waals surface area (Å²) in [5.41, 5.74) is 8.17. The van der Waals surface area contributed by atoms with E-state index in [-0.39, 0.29) is 0 Å². The average Bonchev–Trinajstić information content (AvgIpc) is 2.82. The van der Waals surface area contributed by atoms with Gasteiger partial charge in [0, 0.05) is 0 Å². The molecule has 0 aliphatic rings. The molecule has 0 nitrogen and oxygen atoms in total. The van der Waals surface area contributed by atoms with E-state index >= 15 is 0 Å². The van der Waals surface area contributed by atoms with Crippen molar-refractivity contribution in [2.24, 2.45) is 0 Å². The summed E-state index contributed by atoms with van der Waals surface area (Å²) in [4.78, 5) is 0. The van der Waals surface area contributed by atoms with Crippen LogP contribution in [0.2, 0.25) is 0 Å². The lowest BCUT2D eigenvalue weighted by molar-refractivity contribution is 0.996. The van der Waals surface area contributed by atoms with Crippen molar-refractivity contribution in [3.05, 3.63) is 113 Å². The largest absolute Gasteiger partial charge is 0.343 e. The molecule has 0 bridgehead atoms. The van der Waals surface area contributed by atoms with Crippen LogP contribution in [-0.2, 0) is 19.3 Å². The Morgan fingerprint density at radius 1 is 0.467 bits per heavy atom. The molecular formula is C30H43-. The molecule has 3 rings (SSSR count). The van der Waals surface area contributed by atoms with Gasteiger partial charge in [-0.3, -0.25) is 0 Å². The molecule has 0 aliphatic heterocycles. The van der Waals surface area contributed by atoms with E-state index in [2.05, 4.69) is 86.6 Å². The molecule has 0 heterocycles. The first-order chi connectivity index (χ1) is 14.7. The first-order valence-corrected chi connectivity index (χ1v) is 11.7. The van der Waals surface area contributed by atoms with Gasteiger partial charge in [0.15, 0.2) is 0 Å². The number of hydrogen-bond acceptors (Lipinski definition) is 0. The summed E-state index contributed by atoms with van der Waals surface area (Å²) in [5.74, 6) is 0. The molecule has 0 atom stereocenters. The van der Waals surface area contributed by atoms with Crippen molar-refractivity contribution in [2.75, 3.05) is 0 Å². The molecule has 0 aliphatic carbocycles. The first-order valence-electron chi connectivity index (χ1n) is 11.7. The second kappa shape index (κ2) is 17.5. The molecule has 3 aromatic carbocycles. The number of hydrogen-bond donors (Lipinski definition) is 0. The SMILES string of the molecule is CC.CC.CC.[CH2-]CCc1ccc(Cc2ccc(Cc3ccc(C)cc3)cc2)cc1. The van der Waals surface area contributed by atoms with Crippen molar-refractivity contribution in [1.29, 1.82) is 0 Å². The van der Waals surface area contributed by atoms with Crippen molar-refractivity contribution in [2.45, 2.75) is 74.1 Å². The van der Waals surface area contributed by atoms with Crippen LogP contribution in [-0.4, -0.2) is 0 Å². The molecule has 0 spiro atoms. The molecule has 3 aromatic rings. The summed E-state index contributed by atoms with van der Waals surface area (Å²) in [7, 11) is 0. The van der Waals surface area contributed by atoms with Crippen LogP contribution in [0.3, 0.4) is 0 Å². The predicted molar refractivity (Wildman–Crippen MR) is 137 cm³/mol. The van der Waals surface area contributed by atoms with Crippen molar-refractivity contribution in [3.63, 3.8) is 0 Å². The van der Waals surface area contributed by atoms with Crippen LogP contribution in [0, 0.1) is 13.8 Å². The first kappa shape index (κ1) is 27.7. The molecule has 0 amide bonds. The molecule has 0 radical (unpaired) electrons. The Morgan fingerprint density at radius 2 is 0.733 bits per heavy atom. The topological polar surface area (TPSA) is 0 Å². The molecule has 0 heteroatoms. The zero-order valence-electron chi connectivity index (χ0n) is 20.5. The zero-order valence-corrected chi connectivity index (χ0v) is 20.5. The van der Waals surface area contributed by atoms with Crippen LogP contribution in [0.4, 0.5) is 0 Å². The van der Waals surface area contributed by atoms with Crippen molar-refractivity contribution in [3.8, 4) is 0 Å². The lowest BCUT2D eigenvalue weighted by Crippen LogP contribution is -1.92. The Balaban J connectivity index is 0.00000129. The highest BCUT2D eigenvalue weighted by molar-refractivity contribution is 5.33. The van der Waals surface area contributed by atoms with Crippen LogP contribution < -0.4 is 0 Å². The molecule has 0 saturated heterocycles. The fraction of sp³-hybridized carbons (Fsp3) is 0.367. The van der Waals surface area contributed by atoms with E-state index in [1.807, 2.05) is 41.5 Å². The lowest BCUT2D eigenvalue weighted by atomic mass is 9.99. The van der Waals surface area contributed by atoms with Crippen LogP contribution in [0.15, 0.2) is 72.8 Å². The smallest absolute Gasteiger partial charge is 0.00258 e. The molecule has 0 fully saturated rings. The highest BCUT2D eigenvalue weighted by atomic mass is 14.1. The van der Waals surface area contributed by atoms with Gasteiger partial charge in [0.05, 0.1) is 0 Å². The Morgan fingerprint density at radius 3 is 1.03 bits per heavy atom. The van der Waals surface area contributed by atoms with E-state index in [9.17, 15) is 0 Å². The minimum atomic E-state index is 0.960. The third-order valence-electron chi connectivity index (χ3n) is 4.45. The molecule has 30 heavy (non-hydrogen) atoms. The molecule has 164 valence electrons. The Labute approximate surface area is 187 Å². The van der Waals surface area contributed by atoms with Gasteiger partial charge in [0.2, 0.25) is 0 Å². The van der Waals surface area contributed by atoms with Crippen LogP contribution in [0.1, 0.15) is 81.3 Å². The second-order valence-corrected chi connectivity index (χ2v) is 6.58. The summed E-state index contributed by atoms with van der Waals surface area (Å²) in [6, 6.07) is 26.8. The van der Waals surface area contributed by atoms with Gasteiger partial charge in [-0.15, -0.1) is 0 Å². The van der Waals surface area contributed by atoms with Gasteiger partial charge < -0.3 is 6.92 Å². The molecule has 0 N–H and O–H groups in total. The fourth-order valence-corrected chi connectivity index (χ4v) is 2.98. The normalized spacial score (nSPS) is 9.20. The van der Waals surface area contributed by atoms with Crippen LogP contribution in [0.5, 0.6) is 0 Å². The van der Waals surface area contributed by atoms with Crippen molar-refractivity contribution in [1.82, 2.24) is 0 Å². The minimum Gasteiger partial charge on any atom is -0.343 e. The van der Waals surface area contributed by atoms with Gasteiger partial charge in [-0.05, 0) is 42.0 Å². The second-order valence-electron chi connectivity index (χ2n) is 6.58. The van der Waals surface area contributed by atoms with E-state index < -0.39 is 0 Å². The standard InChI is InChI=1S/C24H25.3C2H6/c1-3-4-20-9-11-22(12-10-20)18-24-15-13-23(14-16-24)17-21-7-5-19(2)6-8-21;3*1-2/h5-16H,1,3-4,17-18H2,2H3;3*1-2H3/q-1;;;. The zero-order chi connectivity index (χ0) is 22.8. The summed E-state index contributed by atoms with van der Waals surface area (Å²) in [6.07, 6.45) is 4.02. The third kappa shape index (κ3) is 10.4. The molecular weight excluding hydrogens is 360 g/mol. The molecule has 0 saturated carbocycles. The predicted octanol–water partition coefficient (Wildman–Crippen LogP) is 9.02. The summed E-state index contributed by atoms with van der Waals surface area (Å²) < 4.78 is 0. The monoisotopic (exact) mass is 403 g/mol. The van der Waals surface area contributed by atoms with Crippen LogP contribution >= 0.6 is 0 Å². The lowest BCUT2D eigenvalue weighted by Gasteiger charge is -2.07. The van der Waals surface area contributed by atoms with Crippen molar-refractivity contribution >= 4 is 0 Å². The van der Waals surface area contributed by atoms with Gasteiger partial charge >= 0.3 is 0 Å². The van der Waals surface area contributed by atoms with Crippen LogP contribution in [0.25, 0.3) is 0 Å². The maximum Gasteiger partial charge on any atom is -0.00258 e. The van der Waals surface area contributed by atoms with Gasteiger partial charge in [-0.2, -0.15) is 6.42 Å². The third-order valence-corrected chi connectivity index (χ3v) is 4.45. The summed E-state index contributed by atoms with van der Waals surface area (Å²) in [5, 5.41) is 0. The molecule has 0 aromatic heterocycles. The Bertz CT molecular complexity index is 747. The quantitative estimate of drug-likeness (QED) is 0.360. The highest BCUT2D eigenvalue weighted by Gasteiger charge is 2.00. The van der Waals surface area contributed by atoms with Gasteiger partial charge in [0.25, 0.3) is 0 Å². The fourth-order valence-electron chi connectivity index (χ4n) is 2.98. The number of rotatable bonds is 6. The van der Waals surface area contributed by atoms with E-state index in [0.717, 1.165) is 25.7 Å². The molecule has 0 unspecified atom stereocenters. The summed E-state index contributed by atoms with van der Waals surface area (Å²) >= 11 is 0. The number of aryl methyl sites for hydroxylation is 2. The number of benzene rings is 3. The van der Waals surface area contributed by atoms with Gasteiger partial charge in [-0.25, -0.2) is 0 Å². The van der Waals surface area contributed by atoms with E-state index in [1.165, 1.54) is 33.4 Å². The Hall–Kier alpha value is -2.34. The minimum absolute atomic E-state index is 0.960. The Kier molecular flexibility index (Phi) is 16.1. The maximum absolute atomic E-state index is 3.91. The van der Waals surface area contributed by atoms with E-state index in [4.69, 9.17) is 0 Å².